The summed E-state index contributed by atoms with van der Waals surface area (Å²) in [7, 11) is -4.29. The molecule has 3 N–H and O–H groups in total. The van der Waals surface area contributed by atoms with Gasteiger partial charge in [0.2, 0.25) is 0 Å². The van der Waals surface area contributed by atoms with Crippen LogP contribution in [0, 0.1) is 0 Å². The number of carbonyl (C=O) groups excluding carboxylic acids is 1. The van der Waals surface area contributed by atoms with E-state index in [9.17, 15) is 14.3 Å². The van der Waals surface area contributed by atoms with E-state index in [1.807, 2.05) is 0 Å². The van der Waals surface area contributed by atoms with Crippen molar-refractivity contribution in [1.29, 1.82) is 0 Å². The number of nitrogens with two attached hydrogens (primary N) is 1. The molecular weight excluding hydrogens is 890 g/mol. The molecule has 0 saturated heterocycles. The molecular formula is C61H118NO7P. The molecule has 70 heavy (non-hydrogen) atoms. The van der Waals surface area contributed by atoms with Crippen molar-refractivity contribution in [1.82, 2.24) is 0 Å². The van der Waals surface area contributed by atoms with Gasteiger partial charge in [0.05, 0.1) is 19.8 Å². The highest BCUT2D eigenvalue weighted by molar-refractivity contribution is 7.47. The standard InChI is InChI=1S/C61H118NO7P/c1-3-5-7-9-11-13-15-17-19-21-23-25-27-29-31-33-35-37-39-41-43-45-47-49-51-53-56-66-58-60(59-68-70(64,65)67-57-55-62)69-61(63)54-52-50-48-46-44-42-40-38-36-34-32-30-28-26-24-22-20-18-16-14-12-10-8-6-4-2/h15,17,21,23,27,29,60H,3-14,16,18-20,22,24-26,28,30-59,62H2,1-2H3,(H,64,65)/b17-15-,23-21-,29-27-. The van der Waals surface area contributed by atoms with E-state index in [4.69, 9.17) is 24.3 Å². The summed E-state index contributed by atoms with van der Waals surface area (Å²) in [4.78, 5) is 22.7. The Morgan fingerprint density at radius 2 is 0.757 bits per heavy atom. The molecule has 0 saturated carbocycles. The average molecular weight is 1010 g/mol. The normalized spacial score (nSPS) is 13.4. The lowest BCUT2D eigenvalue weighted by Gasteiger charge is -2.20. The molecule has 0 spiro atoms. The van der Waals surface area contributed by atoms with E-state index < -0.39 is 13.9 Å². The van der Waals surface area contributed by atoms with Crippen molar-refractivity contribution in [3.63, 3.8) is 0 Å². The van der Waals surface area contributed by atoms with Gasteiger partial charge in [-0.1, -0.05) is 288 Å². The third-order valence-electron chi connectivity index (χ3n) is 13.6. The molecule has 0 rings (SSSR count). The topological polar surface area (TPSA) is 117 Å². The molecule has 0 amide bonds. The molecule has 0 heterocycles. The van der Waals surface area contributed by atoms with Crippen molar-refractivity contribution < 1.29 is 32.8 Å². The van der Waals surface area contributed by atoms with Crippen LogP contribution in [0.15, 0.2) is 36.5 Å². The quantitative estimate of drug-likeness (QED) is 0.0268. The summed E-state index contributed by atoms with van der Waals surface area (Å²) in [5.41, 5.74) is 5.41. The van der Waals surface area contributed by atoms with Crippen LogP contribution in [0.4, 0.5) is 0 Å². The Morgan fingerprint density at radius 3 is 1.13 bits per heavy atom. The van der Waals surface area contributed by atoms with Gasteiger partial charge in [-0.25, -0.2) is 4.57 Å². The van der Waals surface area contributed by atoms with Gasteiger partial charge in [0, 0.05) is 19.6 Å². The van der Waals surface area contributed by atoms with Crippen LogP contribution >= 0.6 is 7.82 Å². The summed E-state index contributed by atoms with van der Waals surface area (Å²) in [5.74, 6) is -0.324. The minimum Gasteiger partial charge on any atom is -0.457 e. The molecule has 0 fully saturated rings. The van der Waals surface area contributed by atoms with Gasteiger partial charge in [-0.3, -0.25) is 13.8 Å². The van der Waals surface area contributed by atoms with Gasteiger partial charge >= 0.3 is 13.8 Å². The fraction of sp³-hybridized carbons (Fsp3) is 0.885. The van der Waals surface area contributed by atoms with Crippen LogP contribution in [-0.2, 0) is 27.9 Å². The van der Waals surface area contributed by atoms with Gasteiger partial charge in [-0.2, -0.15) is 0 Å². The first-order chi connectivity index (χ1) is 34.4. The number of unbranched alkanes of at least 4 members (excludes halogenated alkanes) is 40. The average Bonchev–Trinajstić information content (AvgIpc) is 3.35. The summed E-state index contributed by atoms with van der Waals surface area (Å²) >= 11 is 0. The van der Waals surface area contributed by atoms with Gasteiger partial charge in [0.15, 0.2) is 0 Å². The third-order valence-corrected chi connectivity index (χ3v) is 14.5. The van der Waals surface area contributed by atoms with Gasteiger partial charge in [0.1, 0.15) is 6.10 Å². The first-order valence-electron chi connectivity index (χ1n) is 30.5. The molecule has 0 aliphatic rings. The molecule has 0 aromatic heterocycles. The van der Waals surface area contributed by atoms with Crippen molar-refractivity contribution in [2.24, 2.45) is 5.73 Å². The Kier molecular flexibility index (Phi) is 57.5. The molecule has 0 aliphatic carbocycles. The largest absolute Gasteiger partial charge is 0.472 e. The van der Waals surface area contributed by atoms with Crippen LogP contribution in [0.25, 0.3) is 0 Å². The molecule has 2 atom stereocenters. The van der Waals surface area contributed by atoms with E-state index in [0.717, 1.165) is 44.9 Å². The predicted octanol–water partition coefficient (Wildman–Crippen LogP) is 19.7. The Hall–Kier alpha value is -1.28. The molecule has 9 heteroatoms. The first kappa shape index (κ1) is 68.7. The van der Waals surface area contributed by atoms with E-state index in [-0.39, 0.29) is 32.3 Å². The van der Waals surface area contributed by atoms with Crippen LogP contribution < -0.4 is 5.73 Å². The number of ether oxygens (including phenoxy) is 2. The first-order valence-corrected chi connectivity index (χ1v) is 32.0. The molecule has 2 unspecified atom stereocenters. The fourth-order valence-electron chi connectivity index (χ4n) is 9.07. The molecule has 0 bridgehead atoms. The van der Waals surface area contributed by atoms with E-state index in [0.29, 0.717) is 13.0 Å². The molecule has 0 aliphatic heterocycles. The second-order valence-corrected chi connectivity index (χ2v) is 22.0. The number of rotatable bonds is 59. The van der Waals surface area contributed by atoms with Crippen LogP contribution in [0.1, 0.15) is 309 Å². The number of esters is 1. The highest BCUT2D eigenvalue weighted by Crippen LogP contribution is 2.43. The van der Waals surface area contributed by atoms with Crippen molar-refractivity contribution in [3.05, 3.63) is 36.5 Å². The SMILES string of the molecule is CCCCCCC/C=C\C/C=C\C/C=C\CCCCCCCCCCCCCOCC(COP(=O)(O)OCCN)OC(=O)CCCCCCCCCCCCCCCCCCCCCCCCCCC. The third kappa shape index (κ3) is 57.6. The van der Waals surface area contributed by atoms with Crippen molar-refractivity contribution in [2.45, 2.75) is 315 Å². The van der Waals surface area contributed by atoms with Crippen LogP contribution in [0.2, 0.25) is 0 Å². The summed E-state index contributed by atoms with van der Waals surface area (Å²) < 4.78 is 33.7. The zero-order valence-corrected chi connectivity index (χ0v) is 47.4. The zero-order chi connectivity index (χ0) is 50.8. The molecule has 0 aromatic rings. The second-order valence-electron chi connectivity index (χ2n) is 20.6. The number of allylic oxidation sites excluding steroid dienone is 6. The lowest BCUT2D eigenvalue weighted by molar-refractivity contribution is -0.154. The summed E-state index contributed by atoms with van der Waals surface area (Å²) in [5, 5.41) is 0. The second kappa shape index (κ2) is 58.6. The van der Waals surface area contributed by atoms with Crippen molar-refractivity contribution >= 4 is 13.8 Å². The number of hydrogen-bond acceptors (Lipinski definition) is 7. The highest BCUT2D eigenvalue weighted by atomic mass is 31.2. The molecule has 8 nitrogen and oxygen atoms in total. The maximum Gasteiger partial charge on any atom is 0.472 e. The Labute approximate surface area is 435 Å². The lowest BCUT2D eigenvalue weighted by atomic mass is 10.0. The number of hydrogen-bond donors (Lipinski definition) is 2. The van der Waals surface area contributed by atoms with Crippen LogP contribution in [-0.4, -0.2) is 49.9 Å². The van der Waals surface area contributed by atoms with Crippen LogP contribution in [0.5, 0.6) is 0 Å². The summed E-state index contributed by atoms with van der Waals surface area (Å²) in [6.45, 7) is 4.97. The van der Waals surface area contributed by atoms with Gasteiger partial charge in [0.25, 0.3) is 0 Å². The smallest absolute Gasteiger partial charge is 0.457 e. The van der Waals surface area contributed by atoms with E-state index >= 15 is 0 Å². The monoisotopic (exact) mass is 1010 g/mol. The summed E-state index contributed by atoms with van der Waals surface area (Å²) in [6.07, 6.45) is 72.1. The van der Waals surface area contributed by atoms with Gasteiger partial charge in [-0.05, 0) is 51.4 Å². The number of phosphoric ester groups is 1. The van der Waals surface area contributed by atoms with Crippen LogP contribution in [0.3, 0.4) is 0 Å². The van der Waals surface area contributed by atoms with E-state index in [1.54, 1.807) is 0 Å². The van der Waals surface area contributed by atoms with Gasteiger partial charge < -0.3 is 20.1 Å². The predicted molar refractivity (Wildman–Crippen MR) is 303 cm³/mol. The molecule has 0 radical (unpaired) electrons. The minimum absolute atomic E-state index is 0.0941. The van der Waals surface area contributed by atoms with Crippen molar-refractivity contribution in [2.75, 3.05) is 33.0 Å². The fourth-order valence-corrected chi connectivity index (χ4v) is 9.83. The molecule has 414 valence electrons. The van der Waals surface area contributed by atoms with Gasteiger partial charge in [-0.15, -0.1) is 0 Å². The molecule has 0 aromatic carbocycles. The van der Waals surface area contributed by atoms with E-state index in [1.165, 1.54) is 244 Å². The Balaban J connectivity index is 3.84. The lowest BCUT2D eigenvalue weighted by Crippen LogP contribution is -2.28. The maximum absolute atomic E-state index is 12.7. The van der Waals surface area contributed by atoms with E-state index in [2.05, 4.69) is 50.3 Å². The zero-order valence-electron chi connectivity index (χ0n) is 46.5. The maximum atomic E-state index is 12.7. The Bertz CT molecular complexity index is 1180. The highest BCUT2D eigenvalue weighted by Gasteiger charge is 2.25. The number of carbonyl (C=O) groups is 1. The Morgan fingerprint density at radius 1 is 0.429 bits per heavy atom. The number of phosphoric acid groups is 1. The van der Waals surface area contributed by atoms with Crippen molar-refractivity contribution in [3.8, 4) is 0 Å². The minimum atomic E-state index is -4.29. The summed E-state index contributed by atoms with van der Waals surface area (Å²) in [6, 6.07) is 0.